The predicted octanol–water partition coefficient (Wildman–Crippen LogP) is 4.25. The van der Waals surface area contributed by atoms with Crippen LogP contribution in [-0.4, -0.2) is 18.4 Å². The Hall–Kier alpha value is -1.48. The van der Waals surface area contributed by atoms with Crippen LogP contribution in [0.25, 0.3) is 10.2 Å². The first-order valence-corrected chi connectivity index (χ1v) is 9.23. The lowest BCUT2D eigenvalue weighted by molar-refractivity contribution is 0.600. The molecule has 0 bridgehead atoms. The molecule has 10 heteroatoms. The maximum atomic E-state index is 13.9. The number of hydrogen-bond donors (Lipinski definition) is 1. The Labute approximate surface area is 145 Å². The highest BCUT2D eigenvalue weighted by Gasteiger charge is 2.19. The Morgan fingerprint density at radius 3 is 2.74 bits per heavy atom. The van der Waals surface area contributed by atoms with Gasteiger partial charge in [0.25, 0.3) is 10.0 Å². The molecule has 3 rings (SSSR count). The summed E-state index contributed by atoms with van der Waals surface area (Å²) in [5, 5.41) is 0.184. The number of nitrogens with zero attached hydrogens (tertiary/aromatic N) is 2. The van der Waals surface area contributed by atoms with Gasteiger partial charge in [-0.2, -0.15) is 0 Å². The fourth-order valence-electron chi connectivity index (χ4n) is 1.83. The molecule has 23 heavy (non-hydrogen) atoms. The van der Waals surface area contributed by atoms with Crippen molar-refractivity contribution in [2.75, 3.05) is 4.72 Å². The first kappa shape index (κ1) is 16.4. The van der Waals surface area contributed by atoms with Gasteiger partial charge < -0.3 is 0 Å². The zero-order chi connectivity index (χ0) is 16.8. The van der Waals surface area contributed by atoms with Gasteiger partial charge >= 0.3 is 0 Å². The van der Waals surface area contributed by atoms with Crippen LogP contribution in [0.15, 0.2) is 29.3 Å². The highest BCUT2D eigenvalue weighted by atomic mass is 35.5. The van der Waals surface area contributed by atoms with Crippen molar-refractivity contribution >= 4 is 59.9 Å². The molecule has 0 amide bonds. The van der Waals surface area contributed by atoms with E-state index in [0.29, 0.717) is 10.3 Å². The lowest BCUT2D eigenvalue weighted by atomic mass is 10.3. The molecule has 2 heterocycles. The fraction of sp³-hybridized carbons (Fsp3) is 0.0769. The molecule has 0 aliphatic rings. The van der Waals surface area contributed by atoms with E-state index in [1.165, 1.54) is 12.1 Å². The van der Waals surface area contributed by atoms with Crippen molar-refractivity contribution in [2.45, 2.75) is 11.8 Å². The van der Waals surface area contributed by atoms with Gasteiger partial charge in [-0.1, -0.05) is 34.5 Å². The van der Waals surface area contributed by atoms with Gasteiger partial charge in [-0.05, 0) is 30.7 Å². The van der Waals surface area contributed by atoms with Crippen molar-refractivity contribution in [2.24, 2.45) is 0 Å². The van der Waals surface area contributed by atoms with E-state index in [2.05, 4.69) is 14.7 Å². The molecule has 0 radical (unpaired) electrons. The first-order valence-electron chi connectivity index (χ1n) is 6.17. The molecule has 0 saturated carbocycles. The molecular weight excluding hydrogens is 384 g/mol. The van der Waals surface area contributed by atoms with Crippen LogP contribution in [0.4, 0.5) is 9.52 Å². The van der Waals surface area contributed by atoms with Crippen LogP contribution < -0.4 is 4.72 Å². The lowest BCUT2D eigenvalue weighted by Gasteiger charge is -2.06. The molecular formula is C13H8Cl2FN3O2S2. The van der Waals surface area contributed by atoms with Crippen LogP contribution in [0.3, 0.4) is 0 Å². The molecule has 1 aromatic carbocycles. The maximum absolute atomic E-state index is 13.9. The average molecular weight is 392 g/mol. The van der Waals surface area contributed by atoms with Crippen LogP contribution in [0.1, 0.15) is 5.56 Å². The number of sulfonamides is 1. The Kier molecular flexibility index (Phi) is 4.18. The second-order valence-corrected chi connectivity index (χ2v) is 8.09. The van der Waals surface area contributed by atoms with Crippen LogP contribution >= 0.6 is 34.5 Å². The lowest BCUT2D eigenvalue weighted by Crippen LogP contribution is -2.13. The van der Waals surface area contributed by atoms with Gasteiger partial charge in [0.15, 0.2) is 10.9 Å². The van der Waals surface area contributed by atoms with Crippen LogP contribution in [-0.2, 0) is 10.0 Å². The normalized spacial score (nSPS) is 11.8. The van der Waals surface area contributed by atoms with E-state index in [9.17, 15) is 12.8 Å². The van der Waals surface area contributed by atoms with Crippen LogP contribution in [0.2, 0.25) is 10.2 Å². The van der Waals surface area contributed by atoms with Gasteiger partial charge in [0.05, 0.1) is 9.72 Å². The molecule has 0 aliphatic heterocycles. The Bertz CT molecular complexity index is 1020. The average Bonchev–Trinajstić information content (AvgIpc) is 2.88. The fourth-order valence-corrected chi connectivity index (χ4v) is 4.22. The van der Waals surface area contributed by atoms with Crippen molar-refractivity contribution in [3.8, 4) is 0 Å². The Balaban J connectivity index is 2.00. The van der Waals surface area contributed by atoms with Crippen molar-refractivity contribution in [3.63, 3.8) is 0 Å². The summed E-state index contributed by atoms with van der Waals surface area (Å²) in [5.74, 6) is -0.685. The van der Waals surface area contributed by atoms with Gasteiger partial charge in [0, 0.05) is 6.20 Å². The number of rotatable bonds is 3. The maximum Gasteiger partial charge on any atom is 0.265 e. The Morgan fingerprint density at radius 2 is 2.04 bits per heavy atom. The van der Waals surface area contributed by atoms with E-state index < -0.39 is 15.8 Å². The van der Waals surface area contributed by atoms with Gasteiger partial charge in [-0.15, -0.1) is 0 Å². The van der Waals surface area contributed by atoms with E-state index >= 15 is 0 Å². The van der Waals surface area contributed by atoms with Gasteiger partial charge in [-0.3, -0.25) is 4.72 Å². The smallest absolute Gasteiger partial charge is 0.255 e. The molecule has 5 nitrogen and oxygen atoms in total. The van der Waals surface area contributed by atoms with E-state index in [0.717, 1.165) is 17.5 Å². The zero-order valence-electron chi connectivity index (χ0n) is 11.5. The summed E-state index contributed by atoms with van der Waals surface area (Å²) in [4.78, 5) is 7.69. The third-order valence-corrected chi connectivity index (χ3v) is 6.03. The summed E-state index contributed by atoms with van der Waals surface area (Å²) in [6.07, 6.45) is 1.14. The number of fused-ring (bicyclic) bond motifs is 1. The number of anilines is 1. The minimum atomic E-state index is -3.90. The molecule has 120 valence electrons. The number of aromatic nitrogens is 2. The van der Waals surface area contributed by atoms with Crippen molar-refractivity contribution in [3.05, 3.63) is 46.0 Å². The van der Waals surface area contributed by atoms with Gasteiger partial charge in [0.2, 0.25) is 0 Å². The highest BCUT2D eigenvalue weighted by Crippen LogP contribution is 2.32. The van der Waals surface area contributed by atoms with E-state index in [1.54, 1.807) is 13.0 Å². The van der Waals surface area contributed by atoms with E-state index in [1.807, 2.05) is 0 Å². The Morgan fingerprint density at radius 1 is 1.30 bits per heavy atom. The largest absolute Gasteiger partial charge is 0.265 e. The minimum Gasteiger partial charge on any atom is -0.255 e. The summed E-state index contributed by atoms with van der Waals surface area (Å²) < 4.78 is 41.4. The number of pyridine rings is 1. The molecule has 2 aromatic heterocycles. The number of nitrogens with one attached hydrogen (secondary N) is 1. The summed E-state index contributed by atoms with van der Waals surface area (Å²) in [7, 11) is -3.90. The third kappa shape index (κ3) is 3.12. The monoisotopic (exact) mass is 391 g/mol. The summed E-state index contributed by atoms with van der Waals surface area (Å²) in [6.45, 7) is 1.64. The van der Waals surface area contributed by atoms with E-state index in [-0.39, 0.29) is 25.7 Å². The zero-order valence-corrected chi connectivity index (χ0v) is 14.6. The second kappa shape index (κ2) is 5.86. The molecule has 0 aliphatic carbocycles. The van der Waals surface area contributed by atoms with Gasteiger partial charge in [-0.25, -0.2) is 22.8 Å². The number of thiazole rings is 1. The van der Waals surface area contributed by atoms with Crippen molar-refractivity contribution in [1.29, 1.82) is 0 Å². The number of aryl methyl sites for hydroxylation is 1. The molecule has 0 fully saturated rings. The van der Waals surface area contributed by atoms with Crippen LogP contribution in [0.5, 0.6) is 0 Å². The third-order valence-electron chi connectivity index (χ3n) is 2.97. The molecule has 1 N–H and O–H groups in total. The second-order valence-electron chi connectivity index (χ2n) is 4.61. The van der Waals surface area contributed by atoms with Crippen molar-refractivity contribution < 1.29 is 12.8 Å². The van der Waals surface area contributed by atoms with Gasteiger partial charge in [0.1, 0.15) is 15.6 Å². The SMILES string of the molecule is Cc1cc(S(=O)(=O)Nc2nc3c(F)c(Cl)ccc3s2)cnc1Cl. The standard InChI is InChI=1S/C13H8Cl2FN3O2S2/c1-6-4-7(5-17-12(6)15)23(20,21)19-13-18-11-9(22-13)3-2-8(14)10(11)16/h2-5H,1H3,(H,18,19). The topological polar surface area (TPSA) is 72.0 Å². The first-order chi connectivity index (χ1) is 10.8. The predicted molar refractivity (Wildman–Crippen MR) is 89.4 cm³/mol. The highest BCUT2D eigenvalue weighted by molar-refractivity contribution is 7.93. The molecule has 0 spiro atoms. The van der Waals surface area contributed by atoms with Crippen LogP contribution in [0, 0.1) is 12.7 Å². The number of hydrogen-bond acceptors (Lipinski definition) is 5. The summed E-state index contributed by atoms with van der Waals surface area (Å²) in [6, 6.07) is 4.36. The van der Waals surface area contributed by atoms with Crippen molar-refractivity contribution in [1.82, 2.24) is 9.97 Å². The quantitative estimate of drug-likeness (QED) is 0.677. The number of benzene rings is 1. The summed E-state index contributed by atoms with van der Waals surface area (Å²) >= 11 is 12.5. The minimum absolute atomic E-state index is 0.0191. The number of halogens is 3. The summed E-state index contributed by atoms with van der Waals surface area (Å²) in [5.41, 5.74) is 0.544. The van der Waals surface area contributed by atoms with E-state index in [4.69, 9.17) is 23.2 Å². The molecule has 3 aromatic rings. The molecule has 0 saturated heterocycles. The molecule has 0 unspecified atom stereocenters. The molecule has 0 atom stereocenters.